The van der Waals surface area contributed by atoms with E-state index in [4.69, 9.17) is 10.5 Å². The van der Waals surface area contributed by atoms with Crippen molar-refractivity contribution in [1.29, 1.82) is 0 Å². The molecule has 1 heterocycles. The summed E-state index contributed by atoms with van der Waals surface area (Å²) < 4.78 is 5.50. The lowest BCUT2D eigenvalue weighted by molar-refractivity contribution is 0.153. The van der Waals surface area contributed by atoms with Crippen molar-refractivity contribution in [1.82, 2.24) is 4.90 Å². The first-order valence-electron chi connectivity index (χ1n) is 7.50. The smallest absolute Gasteiger partial charge is 0.119 e. The standard InChI is InChI=1S/C16H24N2O/c1-2-19-15-7-4-13(5-8-15)16(10-17)18-11-12-3-6-14(18)9-12/h4-5,7-8,12,14,16H,2-3,6,9-11,17H2,1H3. The van der Waals surface area contributed by atoms with Gasteiger partial charge in [0.1, 0.15) is 5.75 Å². The van der Waals surface area contributed by atoms with Crippen LogP contribution in [0.15, 0.2) is 24.3 Å². The molecule has 2 bridgehead atoms. The average Bonchev–Trinajstić information content (AvgIpc) is 3.05. The van der Waals surface area contributed by atoms with Crippen LogP contribution in [0, 0.1) is 5.92 Å². The maximum atomic E-state index is 6.04. The Bertz CT molecular complexity index is 417. The van der Waals surface area contributed by atoms with E-state index < -0.39 is 0 Å². The Morgan fingerprint density at radius 3 is 2.63 bits per heavy atom. The third-order valence-electron chi connectivity index (χ3n) is 4.65. The van der Waals surface area contributed by atoms with Crippen LogP contribution in [0.3, 0.4) is 0 Å². The van der Waals surface area contributed by atoms with Gasteiger partial charge in [0, 0.05) is 25.2 Å². The summed E-state index contributed by atoms with van der Waals surface area (Å²) in [5.74, 6) is 1.87. The lowest BCUT2D eigenvalue weighted by atomic mass is 10.0. The molecule has 3 nitrogen and oxygen atoms in total. The highest BCUT2D eigenvalue weighted by atomic mass is 16.5. The van der Waals surface area contributed by atoms with E-state index >= 15 is 0 Å². The minimum absolute atomic E-state index is 0.381. The molecule has 3 atom stereocenters. The Morgan fingerprint density at radius 2 is 2.11 bits per heavy atom. The Balaban J connectivity index is 1.74. The van der Waals surface area contributed by atoms with Crippen LogP contribution in [0.4, 0.5) is 0 Å². The fraction of sp³-hybridized carbons (Fsp3) is 0.625. The van der Waals surface area contributed by atoms with E-state index in [0.717, 1.165) is 24.3 Å². The second kappa shape index (κ2) is 5.51. The summed E-state index contributed by atoms with van der Waals surface area (Å²) in [5.41, 5.74) is 7.37. The molecule has 1 aromatic rings. The molecule has 0 spiro atoms. The van der Waals surface area contributed by atoms with E-state index in [-0.39, 0.29) is 0 Å². The number of hydrogen-bond acceptors (Lipinski definition) is 3. The second-order valence-electron chi connectivity index (χ2n) is 5.78. The first kappa shape index (κ1) is 12.9. The molecule has 3 unspecified atom stereocenters. The molecule has 1 saturated carbocycles. The molecule has 1 aliphatic heterocycles. The highest BCUT2D eigenvalue weighted by Crippen LogP contribution is 2.41. The quantitative estimate of drug-likeness (QED) is 0.884. The van der Waals surface area contributed by atoms with Crippen molar-refractivity contribution in [3.05, 3.63) is 29.8 Å². The lowest BCUT2D eigenvalue weighted by Crippen LogP contribution is -2.39. The van der Waals surface area contributed by atoms with Crippen molar-refractivity contribution in [2.45, 2.75) is 38.3 Å². The minimum atomic E-state index is 0.381. The monoisotopic (exact) mass is 260 g/mol. The zero-order valence-electron chi connectivity index (χ0n) is 11.7. The zero-order valence-corrected chi connectivity index (χ0v) is 11.7. The van der Waals surface area contributed by atoms with Crippen LogP contribution in [0.2, 0.25) is 0 Å². The average molecular weight is 260 g/mol. The molecule has 2 N–H and O–H groups in total. The Kier molecular flexibility index (Phi) is 3.76. The van der Waals surface area contributed by atoms with Gasteiger partial charge in [0.25, 0.3) is 0 Å². The summed E-state index contributed by atoms with van der Waals surface area (Å²) in [7, 11) is 0. The fourth-order valence-corrected chi connectivity index (χ4v) is 3.76. The van der Waals surface area contributed by atoms with Crippen molar-refractivity contribution >= 4 is 0 Å². The number of nitrogens with two attached hydrogens (primary N) is 1. The molecule has 1 aromatic carbocycles. The number of piperidine rings is 1. The molecule has 0 amide bonds. The highest BCUT2D eigenvalue weighted by molar-refractivity contribution is 5.30. The topological polar surface area (TPSA) is 38.5 Å². The fourth-order valence-electron chi connectivity index (χ4n) is 3.76. The second-order valence-corrected chi connectivity index (χ2v) is 5.78. The molecular formula is C16H24N2O. The summed E-state index contributed by atoms with van der Waals surface area (Å²) in [5, 5.41) is 0. The molecule has 1 aliphatic carbocycles. The van der Waals surface area contributed by atoms with Gasteiger partial charge >= 0.3 is 0 Å². The van der Waals surface area contributed by atoms with Gasteiger partial charge < -0.3 is 10.5 Å². The number of hydrogen-bond donors (Lipinski definition) is 1. The van der Waals surface area contributed by atoms with Gasteiger partial charge in [-0.1, -0.05) is 12.1 Å². The van der Waals surface area contributed by atoms with E-state index in [1.54, 1.807) is 0 Å². The number of fused-ring (bicyclic) bond motifs is 2. The van der Waals surface area contributed by atoms with E-state index in [1.165, 1.54) is 31.4 Å². The number of likely N-dealkylation sites (tertiary alicyclic amines) is 1. The molecule has 104 valence electrons. The number of rotatable bonds is 5. The molecule has 3 rings (SSSR count). The van der Waals surface area contributed by atoms with Crippen LogP contribution in [-0.2, 0) is 0 Å². The third kappa shape index (κ3) is 2.49. The maximum absolute atomic E-state index is 6.04. The largest absolute Gasteiger partial charge is 0.494 e. The first-order chi connectivity index (χ1) is 9.31. The molecule has 1 saturated heterocycles. The normalized spacial score (nSPS) is 27.7. The van der Waals surface area contributed by atoms with E-state index in [9.17, 15) is 0 Å². The van der Waals surface area contributed by atoms with Crippen molar-refractivity contribution in [3.63, 3.8) is 0 Å². The summed E-state index contributed by atoms with van der Waals surface area (Å²) in [6.07, 6.45) is 4.16. The Hall–Kier alpha value is -1.06. The molecule has 3 heteroatoms. The van der Waals surface area contributed by atoms with Gasteiger partial charge in [-0.25, -0.2) is 0 Å². The molecule has 0 aromatic heterocycles. The summed E-state index contributed by atoms with van der Waals surface area (Å²) in [4.78, 5) is 2.63. The van der Waals surface area contributed by atoms with Gasteiger partial charge in [0.15, 0.2) is 0 Å². The van der Waals surface area contributed by atoms with Crippen molar-refractivity contribution in [2.75, 3.05) is 19.7 Å². The Morgan fingerprint density at radius 1 is 1.32 bits per heavy atom. The predicted octanol–water partition coefficient (Wildman–Crippen LogP) is 2.57. The van der Waals surface area contributed by atoms with Gasteiger partial charge in [0.05, 0.1) is 6.61 Å². The summed E-state index contributed by atoms with van der Waals surface area (Å²) >= 11 is 0. The SMILES string of the molecule is CCOc1ccc(C(CN)N2CC3CCC2C3)cc1. The molecule has 2 aliphatic rings. The minimum Gasteiger partial charge on any atom is -0.494 e. The summed E-state index contributed by atoms with van der Waals surface area (Å²) in [6, 6.07) is 9.63. The van der Waals surface area contributed by atoms with Gasteiger partial charge in [-0.05, 0) is 49.8 Å². The van der Waals surface area contributed by atoms with Crippen LogP contribution in [0.5, 0.6) is 5.75 Å². The third-order valence-corrected chi connectivity index (χ3v) is 4.65. The lowest BCUT2D eigenvalue weighted by Gasteiger charge is -2.34. The van der Waals surface area contributed by atoms with Gasteiger partial charge in [-0.3, -0.25) is 4.90 Å². The number of benzene rings is 1. The van der Waals surface area contributed by atoms with Crippen LogP contribution in [-0.4, -0.2) is 30.6 Å². The van der Waals surface area contributed by atoms with Crippen LogP contribution < -0.4 is 10.5 Å². The molecular weight excluding hydrogens is 236 g/mol. The van der Waals surface area contributed by atoms with Gasteiger partial charge in [0.2, 0.25) is 0 Å². The van der Waals surface area contributed by atoms with E-state index in [0.29, 0.717) is 12.6 Å². The maximum Gasteiger partial charge on any atom is 0.119 e. The van der Waals surface area contributed by atoms with Gasteiger partial charge in [-0.15, -0.1) is 0 Å². The molecule has 0 radical (unpaired) electrons. The van der Waals surface area contributed by atoms with E-state index in [2.05, 4.69) is 29.2 Å². The van der Waals surface area contributed by atoms with Crippen LogP contribution in [0.25, 0.3) is 0 Å². The predicted molar refractivity (Wildman–Crippen MR) is 77.2 cm³/mol. The first-order valence-corrected chi connectivity index (χ1v) is 7.50. The highest BCUT2D eigenvalue weighted by Gasteiger charge is 2.40. The zero-order chi connectivity index (χ0) is 13.2. The van der Waals surface area contributed by atoms with Crippen LogP contribution in [0.1, 0.15) is 37.8 Å². The van der Waals surface area contributed by atoms with Crippen molar-refractivity contribution in [3.8, 4) is 5.75 Å². The molecule has 2 fully saturated rings. The summed E-state index contributed by atoms with van der Waals surface area (Å²) in [6.45, 7) is 4.67. The Labute approximate surface area is 115 Å². The van der Waals surface area contributed by atoms with Gasteiger partial charge in [-0.2, -0.15) is 0 Å². The molecule has 19 heavy (non-hydrogen) atoms. The number of nitrogens with zero attached hydrogens (tertiary/aromatic N) is 1. The van der Waals surface area contributed by atoms with Crippen LogP contribution >= 0.6 is 0 Å². The number of ether oxygens (including phenoxy) is 1. The van der Waals surface area contributed by atoms with Crippen molar-refractivity contribution < 1.29 is 4.74 Å². The van der Waals surface area contributed by atoms with Crippen molar-refractivity contribution in [2.24, 2.45) is 11.7 Å². The van der Waals surface area contributed by atoms with E-state index in [1.807, 2.05) is 6.92 Å².